The molecule has 2 aliphatic heterocycles. The second-order valence-electron chi connectivity index (χ2n) is 5.79. The maximum Gasteiger partial charge on any atom is 0.324 e. The van der Waals surface area contributed by atoms with E-state index in [0.29, 0.717) is 42.3 Å². The molecular weight excluding hydrogens is 334 g/mol. The van der Waals surface area contributed by atoms with E-state index in [1.54, 1.807) is 23.1 Å². The van der Waals surface area contributed by atoms with E-state index < -0.39 is 0 Å². The zero-order valence-electron chi connectivity index (χ0n) is 13.3. The lowest BCUT2D eigenvalue weighted by atomic mass is 10.0. The number of hydrogen-bond donors (Lipinski definition) is 1. The summed E-state index contributed by atoms with van der Waals surface area (Å²) < 4.78 is 5.23. The van der Waals surface area contributed by atoms with Gasteiger partial charge >= 0.3 is 6.03 Å². The fourth-order valence-corrected chi connectivity index (χ4v) is 3.32. The van der Waals surface area contributed by atoms with Crippen molar-refractivity contribution in [2.24, 2.45) is 0 Å². The number of benzene rings is 1. The molecule has 128 valence electrons. The molecule has 3 rings (SSSR count). The molecule has 7 nitrogen and oxygen atoms in total. The highest BCUT2D eigenvalue weighted by Gasteiger charge is 2.37. The molecular formula is C16H18ClN3O4. The number of amides is 4. The molecule has 0 aromatic heterocycles. The quantitative estimate of drug-likeness (QED) is 0.837. The van der Waals surface area contributed by atoms with Crippen LogP contribution in [0.3, 0.4) is 0 Å². The van der Waals surface area contributed by atoms with Gasteiger partial charge in [0.25, 0.3) is 5.91 Å². The molecule has 0 saturated carbocycles. The first-order valence-electron chi connectivity index (χ1n) is 7.74. The molecule has 8 heteroatoms. The third kappa shape index (κ3) is 3.03. The molecule has 0 aliphatic carbocycles. The van der Waals surface area contributed by atoms with Gasteiger partial charge in [-0.05, 0) is 31.0 Å². The minimum atomic E-state index is -0.346. The fourth-order valence-electron chi connectivity index (χ4n) is 3.15. The summed E-state index contributed by atoms with van der Waals surface area (Å²) in [6.45, 7) is 0.990. The van der Waals surface area contributed by atoms with Gasteiger partial charge in [0, 0.05) is 24.2 Å². The maximum absolute atomic E-state index is 12.7. The number of nitrogens with one attached hydrogen (secondary N) is 1. The van der Waals surface area contributed by atoms with Crippen LogP contribution in [0.1, 0.15) is 23.2 Å². The van der Waals surface area contributed by atoms with Crippen molar-refractivity contribution in [1.82, 2.24) is 15.1 Å². The van der Waals surface area contributed by atoms with Crippen LogP contribution in [0.25, 0.3) is 0 Å². The molecule has 24 heavy (non-hydrogen) atoms. The fraction of sp³-hybridized carbons (Fsp3) is 0.438. The third-order valence-electron chi connectivity index (χ3n) is 4.39. The number of methoxy groups -OCH3 is 1. The zero-order chi connectivity index (χ0) is 17.3. The first kappa shape index (κ1) is 16.6. The van der Waals surface area contributed by atoms with Crippen molar-refractivity contribution in [2.75, 3.05) is 26.7 Å². The Hall–Kier alpha value is -2.28. The van der Waals surface area contributed by atoms with Crippen molar-refractivity contribution in [3.63, 3.8) is 0 Å². The number of likely N-dealkylation sites (tertiary alicyclic amines) is 1. The summed E-state index contributed by atoms with van der Waals surface area (Å²) in [7, 11) is 1.50. The molecule has 2 saturated heterocycles. The van der Waals surface area contributed by atoms with Gasteiger partial charge in [0.2, 0.25) is 5.91 Å². The molecule has 1 aromatic carbocycles. The summed E-state index contributed by atoms with van der Waals surface area (Å²) in [6, 6.07) is 4.41. The number of nitrogens with zero attached hydrogens (tertiary/aromatic N) is 2. The lowest BCUT2D eigenvalue weighted by Gasteiger charge is -2.35. The minimum Gasteiger partial charge on any atom is -0.496 e. The van der Waals surface area contributed by atoms with Gasteiger partial charge in [-0.15, -0.1) is 0 Å². The van der Waals surface area contributed by atoms with E-state index in [1.165, 1.54) is 12.0 Å². The average molecular weight is 352 g/mol. The molecule has 2 heterocycles. The van der Waals surface area contributed by atoms with E-state index in [0.717, 1.165) is 0 Å². The number of urea groups is 1. The van der Waals surface area contributed by atoms with Gasteiger partial charge in [0.05, 0.1) is 19.2 Å². The van der Waals surface area contributed by atoms with E-state index in [9.17, 15) is 14.4 Å². The van der Waals surface area contributed by atoms with Crippen LogP contribution in [0.4, 0.5) is 4.79 Å². The molecule has 0 bridgehead atoms. The van der Waals surface area contributed by atoms with Crippen LogP contribution in [0.2, 0.25) is 5.02 Å². The Kier molecular flexibility index (Phi) is 4.62. The van der Waals surface area contributed by atoms with Crippen molar-refractivity contribution >= 4 is 29.4 Å². The Morgan fingerprint density at radius 3 is 2.58 bits per heavy atom. The largest absolute Gasteiger partial charge is 0.496 e. The highest BCUT2D eigenvalue weighted by atomic mass is 35.5. The van der Waals surface area contributed by atoms with Crippen molar-refractivity contribution in [3.05, 3.63) is 28.8 Å². The Balaban J connectivity index is 1.68. The summed E-state index contributed by atoms with van der Waals surface area (Å²) >= 11 is 5.98. The predicted octanol–water partition coefficient (Wildman–Crippen LogP) is 1.51. The number of imide groups is 1. The van der Waals surface area contributed by atoms with Gasteiger partial charge in [-0.3, -0.25) is 14.5 Å². The Bertz CT molecular complexity index is 670. The summed E-state index contributed by atoms with van der Waals surface area (Å²) in [6.07, 6.45) is 1.13. The van der Waals surface area contributed by atoms with Crippen LogP contribution in [-0.2, 0) is 4.79 Å². The zero-order valence-corrected chi connectivity index (χ0v) is 14.0. The molecule has 1 aromatic rings. The maximum atomic E-state index is 12.7. The Morgan fingerprint density at radius 2 is 2.00 bits per heavy atom. The van der Waals surface area contributed by atoms with Crippen molar-refractivity contribution < 1.29 is 19.1 Å². The summed E-state index contributed by atoms with van der Waals surface area (Å²) in [5, 5.41) is 2.99. The number of hydrogen-bond acceptors (Lipinski definition) is 4. The van der Waals surface area contributed by atoms with Crippen LogP contribution in [0, 0.1) is 0 Å². The van der Waals surface area contributed by atoms with Gasteiger partial charge in [-0.25, -0.2) is 4.79 Å². The SMILES string of the molecule is COc1ccc(Cl)cc1C(=O)N1CCC(N2C(=O)CNC2=O)CC1. The normalized spacial score (nSPS) is 18.8. The predicted molar refractivity (Wildman–Crippen MR) is 87.2 cm³/mol. The lowest BCUT2D eigenvalue weighted by Crippen LogP contribution is -2.49. The van der Waals surface area contributed by atoms with E-state index in [4.69, 9.17) is 16.3 Å². The minimum absolute atomic E-state index is 0.0533. The molecule has 1 N–H and O–H groups in total. The van der Waals surface area contributed by atoms with E-state index in [1.807, 2.05) is 0 Å². The molecule has 0 radical (unpaired) electrons. The first-order valence-corrected chi connectivity index (χ1v) is 8.11. The Labute approximate surface area is 144 Å². The number of rotatable bonds is 3. The molecule has 2 fully saturated rings. The second-order valence-corrected chi connectivity index (χ2v) is 6.23. The summed E-state index contributed by atoms with van der Waals surface area (Å²) in [5.74, 6) is 0.104. The van der Waals surface area contributed by atoms with Gasteiger partial charge in [0.15, 0.2) is 0 Å². The molecule has 4 amide bonds. The monoisotopic (exact) mass is 351 g/mol. The standard InChI is InChI=1S/C16H18ClN3O4/c1-24-13-3-2-10(17)8-12(13)15(22)19-6-4-11(5-7-19)20-14(21)9-18-16(20)23/h2-3,8,11H,4-7,9H2,1H3,(H,18,23). The van der Waals surface area contributed by atoms with E-state index in [-0.39, 0.29) is 30.4 Å². The van der Waals surface area contributed by atoms with Gasteiger partial charge in [-0.2, -0.15) is 0 Å². The topological polar surface area (TPSA) is 79.0 Å². The van der Waals surface area contributed by atoms with Crippen LogP contribution in [0.5, 0.6) is 5.75 Å². The highest BCUT2D eigenvalue weighted by Crippen LogP contribution is 2.26. The van der Waals surface area contributed by atoms with Crippen LogP contribution >= 0.6 is 11.6 Å². The second kappa shape index (κ2) is 6.68. The number of ether oxygens (including phenoxy) is 1. The number of piperidine rings is 1. The van der Waals surface area contributed by atoms with Crippen molar-refractivity contribution in [1.29, 1.82) is 0 Å². The molecule has 0 spiro atoms. The summed E-state index contributed by atoms with van der Waals surface area (Å²) in [4.78, 5) is 39.2. The number of carbonyl (C=O) groups is 3. The van der Waals surface area contributed by atoms with Crippen molar-refractivity contribution in [3.8, 4) is 5.75 Å². The van der Waals surface area contributed by atoms with Gasteiger partial charge < -0.3 is 15.0 Å². The summed E-state index contributed by atoms with van der Waals surface area (Å²) in [5.41, 5.74) is 0.415. The van der Waals surface area contributed by atoms with Crippen LogP contribution in [0.15, 0.2) is 18.2 Å². The van der Waals surface area contributed by atoms with Crippen LogP contribution in [-0.4, -0.2) is 60.4 Å². The van der Waals surface area contributed by atoms with Gasteiger partial charge in [0.1, 0.15) is 5.75 Å². The lowest BCUT2D eigenvalue weighted by molar-refractivity contribution is -0.127. The van der Waals surface area contributed by atoms with Crippen LogP contribution < -0.4 is 10.1 Å². The average Bonchev–Trinajstić information content (AvgIpc) is 2.93. The highest BCUT2D eigenvalue weighted by molar-refractivity contribution is 6.31. The molecule has 0 unspecified atom stereocenters. The van der Waals surface area contributed by atoms with Crippen molar-refractivity contribution in [2.45, 2.75) is 18.9 Å². The first-order chi connectivity index (χ1) is 11.5. The molecule has 0 atom stereocenters. The Morgan fingerprint density at radius 1 is 1.29 bits per heavy atom. The number of halogens is 1. The molecule has 2 aliphatic rings. The number of carbonyl (C=O) groups excluding carboxylic acids is 3. The third-order valence-corrected chi connectivity index (χ3v) is 4.62. The van der Waals surface area contributed by atoms with E-state index in [2.05, 4.69) is 5.32 Å². The van der Waals surface area contributed by atoms with Gasteiger partial charge in [-0.1, -0.05) is 11.6 Å². The smallest absolute Gasteiger partial charge is 0.324 e. The van der Waals surface area contributed by atoms with E-state index >= 15 is 0 Å².